The van der Waals surface area contributed by atoms with Crippen LogP contribution in [0, 0.1) is 5.41 Å². The minimum Gasteiger partial charge on any atom is -0.507 e. The van der Waals surface area contributed by atoms with E-state index in [1.54, 1.807) is 19.1 Å². The molecular formula is C38H43NO15. The molecule has 2 aromatic rings. The van der Waals surface area contributed by atoms with E-state index in [2.05, 4.69) is 5.32 Å². The summed E-state index contributed by atoms with van der Waals surface area (Å²) in [7, 11) is 1.30. The van der Waals surface area contributed by atoms with Gasteiger partial charge < -0.3 is 54.9 Å². The molecule has 3 aliphatic carbocycles. The molecule has 1 aliphatic heterocycles. The zero-order chi connectivity index (χ0) is 39.3. The normalized spacial score (nSPS) is 31.1. The lowest BCUT2D eigenvalue weighted by atomic mass is 9.72. The van der Waals surface area contributed by atoms with Crippen molar-refractivity contribution in [2.45, 2.75) is 101 Å². The van der Waals surface area contributed by atoms with Gasteiger partial charge in [-0.05, 0) is 51.7 Å². The molecule has 0 aromatic heterocycles. The molecule has 16 nitrogen and oxygen atoms in total. The number of rotatable bonds is 8. The zero-order valence-corrected chi connectivity index (χ0v) is 29.9. The van der Waals surface area contributed by atoms with E-state index in [0.29, 0.717) is 12.8 Å². The Morgan fingerprint density at radius 1 is 1.06 bits per heavy atom. The summed E-state index contributed by atoms with van der Waals surface area (Å²) in [6.07, 6.45) is -3.32. The van der Waals surface area contributed by atoms with Gasteiger partial charge in [-0.25, -0.2) is 4.79 Å². The average Bonchev–Trinajstić information content (AvgIpc) is 3.12. The number of amides is 1. The van der Waals surface area contributed by atoms with Crippen molar-refractivity contribution in [1.29, 1.82) is 0 Å². The third kappa shape index (κ3) is 6.84. The van der Waals surface area contributed by atoms with Crippen LogP contribution in [-0.2, 0) is 30.2 Å². The Kier molecular flexibility index (Phi) is 10.6. The summed E-state index contributed by atoms with van der Waals surface area (Å²) >= 11 is 0. The number of ketones is 3. The molecule has 1 amide bonds. The highest BCUT2D eigenvalue weighted by Crippen LogP contribution is 2.52. The number of aliphatic carboxylic acids is 1. The first kappa shape index (κ1) is 38.8. The van der Waals surface area contributed by atoms with Gasteiger partial charge in [0.05, 0.1) is 47.5 Å². The maximum Gasteiger partial charge on any atom is 0.408 e. The smallest absolute Gasteiger partial charge is 0.408 e. The summed E-state index contributed by atoms with van der Waals surface area (Å²) in [5.41, 5.74) is -5.16. The van der Waals surface area contributed by atoms with Crippen LogP contribution in [-0.4, -0.2) is 110 Å². The van der Waals surface area contributed by atoms with Crippen LogP contribution in [0.25, 0.3) is 0 Å². The second-order valence-electron chi connectivity index (χ2n) is 14.6. The number of ether oxygens (including phenoxy) is 4. The second-order valence-corrected chi connectivity index (χ2v) is 14.6. The van der Waals surface area contributed by atoms with E-state index in [4.69, 9.17) is 18.9 Å². The van der Waals surface area contributed by atoms with Gasteiger partial charge in [0.1, 0.15) is 41.7 Å². The van der Waals surface area contributed by atoms with Gasteiger partial charge in [-0.3, -0.25) is 19.2 Å². The number of Topliss-reactive ketones (excluding diaryl/α,β-unsaturated/α-hetero) is 1. The number of carbonyl (C=O) groups excluding carboxylic acids is 4. The second kappa shape index (κ2) is 14.8. The van der Waals surface area contributed by atoms with Crippen molar-refractivity contribution >= 4 is 29.4 Å². The van der Waals surface area contributed by atoms with Gasteiger partial charge in [0.15, 0.2) is 17.9 Å². The SMILES string of the molecule is COc1cccc2c1C(=O)c1c(O)c3c(c(O)c1C2=O)C[C@@](O)(C(=O)CO)C[C@@H]3O[C@H]1C[C@H](NC(=O)O[C@H]2/C=C/CC[C@@](C)(C(=O)O)CC2)[C@H](O)[C@H](C)O1. The number of allylic oxidation sites excluding steroid dienone is 1. The summed E-state index contributed by atoms with van der Waals surface area (Å²) in [6, 6.07) is 3.25. The lowest BCUT2D eigenvalue weighted by Gasteiger charge is -2.42. The molecule has 0 saturated carbocycles. The molecule has 2 aromatic carbocycles. The molecule has 290 valence electrons. The van der Waals surface area contributed by atoms with E-state index in [0.717, 1.165) is 0 Å². The number of nitrogens with one attached hydrogen (secondary N) is 1. The van der Waals surface area contributed by atoms with Gasteiger partial charge in [-0.1, -0.05) is 18.2 Å². The van der Waals surface area contributed by atoms with E-state index < -0.39 is 119 Å². The Labute approximate surface area is 309 Å². The van der Waals surface area contributed by atoms with Crippen molar-refractivity contribution in [3.05, 3.63) is 63.7 Å². The Bertz CT molecular complexity index is 1920. The molecule has 0 unspecified atom stereocenters. The molecule has 0 bridgehead atoms. The van der Waals surface area contributed by atoms with Gasteiger partial charge in [0.25, 0.3) is 0 Å². The number of carboxylic acid groups (broad SMARTS) is 1. The molecule has 16 heteroatoms. The average molecular weight is 754 g/mol. The monoisotopic (exact) mass is 753 g/mol. The number of fused-ring (bicyclic) bond motifs is 3. The summed E-state index contributed by atoms with van der Waals surface area (Å²) in [4.78, 5) is 65.5. The molecule has 8 atom stereocenters. The standard InChI is InChI=1S/C38H43NO15/c1-17-30(42)21(39-36(49)53-18-7-4-5-11-37(2,12-10-18)35(47)48)13-25(52-17)54-23-15-38(50,24(41)16-40)14-20-27(23)34(46)29-28(32(20)44)31(43)19-8-6-9-22(51-3)26(19)33(29)45/h4,6-9,17-18,21,23,25,30,40,42,44,46,50H,5,10-16H2,1-3H3,(H,39,49)(H,47,48)/b7-4+/t17-,18-,21-,23-,25-,30+,37+,38-/m0/s1. The molecule has 1 heterocycles. The van der Waals surface area contributed by atoms with Crippen LogP contribution >= 0.6 is 0 Å². The molecule has 7 N–H and O–H groups in total. The molecule has 0 radical (unpaired) electrons. The molecule has 6 rings (SSSR count). The van der Waals surface area contributed by atoms with Gasteiger partial charge in [0, 0.05) is 36.0 Å². The summed E-state index contributed by atoms with van der Waals surface area (Å²) in [6.45, 7) is 2.05. The van der Waals surface area contributed by atoms with Crippen LogP contribution in [0.1, 0.15) is 101 Å². The third-order valence-corrected chi connectivity index (χ3v) is 11.0. The fourth-order valence-electron chi connectivity index (χ4n) is 7.83. The number of phenols is 2. The maximum absolute atomic E-state index is 13.9. The first-order chi connectivity index (χ1) is 25.5. The lowest BCUT2D eigenvalue weighted by molar-refractivity contribution is -0.249. The molecule has 0 spiro atoms. The van der Waals surface area contributed by atoms with Gasteiger partial charge in [-0.2, -0.15) is 0 Å². The number of hydrogen-bond acceptors (Lipinski definition) is 14. The number of aliphatic hydroxyl groups excluding tert-OH is 2. The lowest BCUT2D eigenvalue weighted by Crippen LogP contribution is -2.56. The van der Waals surface area contributed by atoms with Gasteiger partial charge in [-0.15, -0.1) is 0 Å². The Morgan fingerprint density at radius 2 is 1.78 bits per heavy atom. The highest BCUT2D eigenvalue weighted by molar-refractivity contribution is 6.31. The number of aromatic hydroxyl groups is 2. The third-order valence-electron chi connectivity index (χ3n) is 11.0. The van der Waals surface area contributed by atoms with E-state index in [-0.39, 0.29) is 47.3 Å². The number of aliphatic hydroxyl groups is 3. The van der Waals surface area contributed by atoms with Crippen molar-refractivity contribution in [1.82, 2.24) is 5.32 Å². The Hall–Kier alpha value is -4.87. The van der Waals surface area contributed by atoms with Crippen molar-refractivity contribution in [2.75, 3.05) is 13.7 Å². The van der Waals surface area contributed by atoms with E-state index in [9.17, 15) is 54.6 Å². The number of carboxylic acids is 1. The fourth-order valence-corrected chi connectivity index (χ4v) is 7.83. The van der Waals surface area contributed by atoms with Gasteiger partial charge >= 0.3 is 12.1 Å². The number of phenolic OH excluding ortho intramolecular Hbond substituents is 2. The van der Waals surface area contributed by atoms with Crippen LogP contribution in [0.3, 0.4) is 0 Å². The molecule has 4 aliphatic rings. The highest BCUT2D eigenvalue weighted by atomic mass is 16.7. The first-order valence-electron chi connectivity index (χ1n) is 17.6. The largest absolute Gasteiger partial charge is 0.507 e. The molecule has 1 fully saturated rings. The van der Waals surface area contributed by atoms with Crippen LogP contribution < -0.4 is 10.1 Å². The van der Waals surface area contributed by atoms with Crippen molar-refractivity contribution in [3.63, 3.8) is 0 Å². The Balaban J connectivity index is 1.29. The van der Waals surface area contributed by atoms with Crippen molar-refractivity contribution < 1.29 is 73.6 Å². The number of methoxy groups -OCH3 is 1. The van der Waals surface area contributed by atoms with Crippen molar-refractivity contribution in [2.24, 2.45) is 5.41 Å². The minimum atomic E-state index is -2.36. The van der Waals surface area contributed by atoms with Gasteiger partial charge in [0.2, 0.25) is 5.78 Å². The van der Waals surface area contributed by atoms with E-state index in [1.807, 2.05) is 0 Å². The summed E-state index contributed by atoms with van der Waals surface area (Å²) in [5, 5.41) is 67.9. The quantitative estimate of drug-likeness (QED) is 0.129. The van der Waals surface area contributed by atoms with Crippen molar-refractivity contribution in [3.8, 4) is 17.2 Å². The van der Waals surface area contributed by atoms with E-state index >= 15 is 0 Å². The molecule has 1 saturated heterocycles. The number of alkyl carbamates (subject to hydrolysis) is 1. The van der Waals surface area contributed by atoms with Crippen LogP contribution in [0.5, 0.6) is 17.2 Å². The number of hydrogen-bond donors (Lipinski definition) is 7. The maximum atomic E-state index is 13.9. The topological polar surface area (TPSA) is 256 Å². The fraction of sp³-hybridized carbons (Fsp3) is 0.500. The Morgan fingerprint density at radius 3 is 2.46 bits per heavy atom. The molecular weight excluding hydrogens is 710 g/mol. The number of benzene rings is 2. The van der Waals surface area contributed by atoms with E-state index in [1.165, 1.54) is 32.2 Å². The summed E-state index contributed by atoms with van der Waals surface area (Å²) < 4.78 is 23.0. The van der Waals surface area contributed by atoms with Crippen LogP contribution in [0.2, 0.25) is 0 Å². The van der Waals surface area contributed by atoms with Crippen LogP contribution in [0.15, 0.2) is 30.4 Å². The predicted octanol–water partition coefficient (Wildman–Crippen LogP) is 2.36. The first-order valence-corrected chi connectivity index (χ1v) is 17.6. The summed E-state index contributed by atoms with van der Waals surface area (Å²) in [5.74, 6) is -5.11. The minimum absolute atomic E-state index is 0.0494. The van der Waals surface area contributed by atoms with Crippen LogP contribution in [0.4, 0.5) is 4.79 Å². The zero-order valence-electron chi connectivity index (χ0n) is 29.9. The predicted molar refractivity (Wildman–Crippen MR) is 184 cm³/mol. The highest BCUT2D eigenvalue weighted by Gasteiger charge is 2.50. The molecule has 54 heavy (non-hydrogen) atoms. The number of carbonyl (C=O) groups is 5.